The molecule has 170 valence electrons. The van der Waals surface area contributed by atoms with Crippen molar-refractivity contribution in [1.82, 2.24) is 14.9 Å². The van der Waals surface area contributed by atoms with Crippen LogP contribution < -0.4 is 0 Å². The first kappa shape index (κ1) is 20.5. The maximum Gasteiger partial charge on any atom is 0.246 e. The monoisotopic (exact) mass is 431 g/mol. The van der Waals surface area contributed by atoms with Gasteiger partial charge in [0.2, 0.25) is 5.91 Å². The summed E-state index contributed by atoms with van der Waals surface area (Å²) in [6, 6.07) is 6.90. The van der Waals surface area contributed by atoms with Gasteiger partial charge in [-0.2, -0.15) is 0 Å². The molecule has 0 spiro atoms. The molecule has 4 aliphatic rings. The largest absolute Gasteiger partial charge is 0.342 e. The van der Waals surface area contributed by atoms with E-state index in [1.165, 1.54) is 49.0 Å². The van der Waals surface area contributed by atoms with Crippen LogP contribution in [0, 0.1) is 41.4 Å². The molecule has 1 aromatic carbocycles. The quantitative estimate of drug-likeness (QED) is 0.666. The summed E-state index contributed by atoms with van der Waals surface area (Å²) in [5, 5.41) is 0. The average molecular weight is 432 g/mol. The summed E-state index contributed by atoms with van der Waals surface area (Å²) in [6.07, 6.45) is 13.0. The number of aromatic amines is 1. The summed E-state index contributed by atoms with van der Waals surface area (Å²) >= 11 is 0. The van der Waals surface area contributed by atoms with E-state index in [2.05, 4.69) is 50.0 Å². The van der Waals surface area contributed by atoms with E-state index in [0.29, 0.717) is 23.3 Å². The molecular formula is C28H37N3O. The molecule has 4 nitrogen and oxygen atoms in total. The molecule has 0 radical (unpaired) electrons. The summed E-state index contributed by atoms with van der Waals surface area (Å²) in [4.78, 5) is 22.9. The number of nitrogens with zero attached hydrogens (tertiary/aromatic N) is 2. The first-order valence-electron chi connectivity index (χ1n) is 12.7. The van der Waals surface area contributed by atoms with Gasteiger partial charge in [-0.05, 0) is 98.3 Å². The number of aromatic nitrogens is 2. The van der Waals surface area contributed by atoms with Crippen molar-refractivity contribution >= 4 is 16.9 Å². The van der Waals surface area contributed by atoms with Gasteiger partial charge in [0.25, 0.3) is 0 Å². The molecule has 6 rings (SSSR count). The van der Waals surface area contributed by atoms with Crippen molar-refractivity contribution < 1.29 is 4.79 Å². The number of hydrogen-bond acceptors (Lipinski definition) is 2. The predicted octanol–water partition coefficient (Wildman–Crippen LogP) is 5.67. The Hall–Kier alpha value is -2.10. The molecule has 0 bridgehead atoms. The van der Waals surface area contributed by atoms with Crippen LogP contribution >= 0.6 is 0 Å². The van der Waals surface area contributed by atoms with Crippen molar-refractivity contribution in [2.45, 2.75) is 71.8 Å². The topological polar surface area (TPSA) is 49.0 Å². The van der Waals surface area contributed by atoms with Gasteiger partial charge in [0.05, 0.1) is 11.0 Å². The summed E-state index contributed by atoms with van der Waals surface area (Å²) in [5.74, 6) is 4.39. The highest BCUT2D eigenvalue weighted by molar-refractivity contribution is 5.89. The fourth-order valence-electron chi connectivity index (χ4n) is 8.69. The first-order valence-corrected chi connectivity index (χ1v) is 12.7. The third-order valence-corrected chi connectivity index (χ3v) is 10.5. The summed E-state index contributed by atoms with van der Waals surface area (Å²) < 4.78 is 0. The lowest BCUT2D eigenvalue weighted by atomic mass is 9.47. The third-order valence-electron chi connectivity index (χ3n) is 10.5. The van der Waals surface area contributed by atoms with E-state index >= 15 is 0 Å². The SMILES string of the molecule is Cc1ccc2nc(C[C@H]3CC[C@H]4[C@@H]5CC[C@H]6N(C)C(=O)C=C[C@]6(C)[C@H]5CC[C@]34C)[nH]c2c1. The molecule has 2 aromatic rings. The molecule has 1 amide bonds. The van der Waals surface area contributed by atoms with Crippen LogP contribution in [0.3, 0.4) is 0 Å². The van der Waals surface area contributed by atoms with Crippen molar-refractivity contribution in [3.8, 4) is 0 Å². The van der Waals surface area contributed by atoms with Crippen molar-refractivity contribution in [2.24, 2.45) is 34.5 Å². The number of imidazole rings is 1. The van der Waals surface area contributed by atoms with E-state index in [1.54, 1.807) is 0 Å². The summed E-state index contributed by atoms with van der Waals surface area (Å²) in [7, 11) is 2.02. The molecule has 0 saturated heterocycles. The number of rotatable bonds is 2. The van der Waals surface area contributed by atoms with Crippen molar-refractivity contribution in [3.05, 3.63) is 41.7 Å². The number of carbonyl (C=O) groups is 1. The maximum absolute atomic E-state index is 12.3. The molecule has 1 aromatic heterocycles. The standard InChI is InChI=1S/C28H37N3O/c1-17-5-9-22-23(15-17)30-25(29-22)16-18-6-8-20-19-7-10-24-28(3,14-12-26(32)31(24)4)21(19)11-13-27(18,20)2/h5,9,12,14-15,18-21,24H,6-8,10-11,13,16H2,1-4H3,(H,29,30)/t18-,19+,20+,21+,24-,27-,28-/m1/s1. The van der Waals surface area contributed by atoms with Crippen LogP contribution in [-0.2, 0) is 11.2 Å². The molecule has 4 heteroatoms. The third kappa shape index (κ3) is 2.80. The minimum absolute atomic E-state index is 0.140. The molecule has 3 aliphatic carbocycles. The van der Waals surface area contributed by atoms with Gasteiger partial charge in [-0.3, -0.25) is 4.79 Å². The molecular weight excluding hydrogens is 394 g/mol. The highest BCUT2D eigenvalue weighted by atomic mass is 16.2. The van der Waals surface area contributed by atoms with Crippen LogP contribution in [0.15, 0.2) is 30.4 Å². The van der Waals surface area contributed by atoms with Crippen molar-refractivity contribution in [1.29, 1.82) is 0 Å². The summed E-state index contributed by atoms with van der Waals surface area (Å²) in [6.45, 7) is 7.18. The van der Waals surface area contributed by atoms with Crippen molar-refractivity contribution in [2.75, 3.05) is 7.05 Å². The van der Waals surface area contributed by atoms with E-state index in [1.807, 2.05) is 18.0 Å². The molecule has 1 N–H and O–H groups in total. The van der Waals surface area contributed by atoms with Gasteiger partial charge in [0, 0.05) is 24.9 Å². The van der Waals surface area contributed by atoms with Crippen LogP contribution in [0.25, 0.3) is 11.0 Å². The van der Waals surface area contributed by atoms with E-state index in [-0.39, 0.29) is 11.3 Å². The fourth-order valence-corrected chi connectivity index (χ4v) is 8.69. The molecule has 3 saturated carbocycles. The van der Waals surface area contributed by atoms with Gasteiger partial charge in [-0.15, -0.1) is 0 Å². The van der Waals surface area contributed by atoms with Gasteiger partial charge < -0.3 is 9.88 Å². The van der Waals surface area contributed by atoms with Crippen LogP contribution in [0.5, 0.6) is 0 Å². The smallest absolute Gasteiger partial charge is 0.246 e. The van der Waals surface area contributed by atoms with Gasteiger partial charge in [0.15, 0.2) is 0 Å². The Morgan fingerprint density at radius 1 is 1.12 bits per heavy atom. The molecule has 32 heavy (non-hydrogen) atoms. The average Bonchev–Trinajstić information content (AvgIpc) is 3.31. The Morgan fingerprint density at radius 2 is 1.97 bits per heavy atom. The van der Waals surface area contributed by atoms with Crippen LogP contribution in [0.4, 0.5) is 0 Å². The van der Waals surface area contributed by atoms with Gasteiger partial charge in [-0.1, -0.05) is 26.0 Å². The number of H-pyrrole nitrogens is 1. The number of amides is 1. The zero-order valence-electron chi connectivity index (χ0n) is 20.0. The van der Waals surface area contributed by atoms with E-state index in [0.717, 1.165) is 30.2 Å². The predicted molar refractivity (Wildman–Crippen MR) is 128 cm³/mol. The highest BCUT2D eigenvalue weighted by Gasteiger charge is 2.60. The van der Waals surface area contributed by atoms with Gasteiger partial charge >= 0.3 is 0 Å². The number of carbonyl (C=O) groups excluding carboxylic acids is 1. The first-order chi connectivity index (χ1) is 15.3. The molecule has 3 fully saturated rings. The summed E-state index contributed by atoms with van der Waals surface area (Å²) in [5.41, 5.74) is 4.12. The Balaban J connectivity index is 1.26. The number of nitrogens with one attached hydrogen (secondary N) is 1. The lowest BCUT2D eigenvalue weighted by Crippen LogP contribution is -2.59. The van der Waals surface area contributed by atoms with E-state index in [4.69, 9.17) is 4.98 Å². The number of hydrogen-bond donors (Lipinski definition) is 1. The lowest BCUT2D eigenvalue weighted by Gasteiger charge is -2.60. The molecule has 1 aliphatic heterocycles. The normalized spacial score (nSPS) is 40.9. The molecule has 7 atom stereocenters. The maximum atomic E-state index is 12.3. The van der Waals surface area contributed by atoms with Crippen molar-refractivity contribution in [3.63, 3.8) is 0 Å². The number of aryl methyl sites for hydroxylation is 1. The van der Waals surface area contributed by atoms with Crippen LogP contribution in [-0.4, -0.2) is 33.9 Å². The van der Waals surface area contributed by atoms with E-state index < -0.39 is 0 Å². The number of fused-ring (bicyclic) bond motifs is 6. The second kappa shape index (κ2) is 6.95. The van der Waals surface area contributed by atoms with Gasteiger partial charge in [0.1, 0.15) is 5.82 Å². The molecule has 2 heterocycles. The zero-order valence-corrected chi connectivity index (χ0v) is 20.0. The second-order valence-corrected chi connectivity index (χ2v) is 11.8. The minimum Gasteiger partial charge on any atom is -0.342 e. The Bertz CT molecular complexity index is 1100. The number of benzene rings is 1. The second-order valence-electron chi connectivity index (χ2n) is 11.8. The van der Waals surface area contributed by atoms with Crippen LogP contribution in [0.1, 0.15) is 63.8 Å². The fraction of sp³-hybridized carbons (Fsp3) is 0.643. The minimum atomic E-state index is 0.140. The Labute approximate surface area is 191 Å². The van der Waals surface area contributed by atoms with Gasteiger partial charge in [-0.25, -0.2) is 4.98 Å². The van der Waals surface area contributed by atoms with Crippen LogP contribution in [0.2, 0.25) is 0 Å². The highest BCUT2D eigenvalue weighted by Crippen LogP contribution is 2.65. The Kier molecular flexibility index (Phi) is 4.45. The number of likely N-dealkylation sites (N-methyl/N-ethyl adjacent to an activating group) is 1. The molecule has 0 unspecified atom stereocenters. The lowest BCUT2D eigenvalue weighted by molar-refractivity contribution is -0.138. The zero-order chi connectivity index (χ0) is 22.3. The van der Waals surface area contributed by atoms with E-state index in [9.17, 15) is 4.79 Å². The Morgan fingerprint density at radius 3 is 2.81 bits per heavy atom.